The van der Waals surface area contributed by atoms with Crippen molar-refractivity contribution in [2.75, 3.05) is 4.90 Å². The second-order valence-corrected chi connectivity index (χ2v) is 7.87. The van der Waals surface area contributed by atoms with E-state index in [1.807, 2.05) is 42.5 Å². The van der Waals surface area contributed by atoms with Crippen LogP contribution in [0.5, 0.6) is 0 Å². The van der Waals surface area contributed by atoms with Crippen LogP contribution in [0.3, 0.4) is 0 Å². The topological polar surface area (TPSA) is 99.2 Å². The Hall–Kier alpha value is -3.58. The van der Waals surface area contributed by atoms with E-state index in [0.717, 1.165) is 22.3 Å². The molecule has 1 amide bonds. The number of H-pyrrole nitrogens is 1. The van der Waals surface area contributed by atoms with Crippen molar-refractivity contribution < 1.29 is 9.90 Å². The number of hydrogen-bond acceptors (Lipinski definition) is 5. The van der Waals surface area contributed by atoms with Crippen molar-refractivity contribution in [2.45, 2.75) is 25.4 Å². The van der Waals surface area contributed by atoms with Crippen molar-refractivity contribution in [1.82, 2.24) is 15.2 Å². The molecule has 3 heterocycles. The summed E-state index contributed by atoms with van der Waals surface area (Å²) in [7, 11) is 0. The second-order valence-electron chi connectivity index (χ2n) is 7.87. The lowest BCUT2D eigenvalue weighted by Crippen LogP contribution is -2.40. The molecule has 7 heteroatoms. The van der Waals surface area contributed by atoms with E-state index >= 15 is 0 Å². The van der Waals surface area contributed by atoms with Gasteiger partial charge in [0.05, 0.1) is 23.0 Å². The summed E-state index contributed by atoms with van der Waals surface area (Å²) in [4.78, 5) is 30.9. The van der Waals surface area contributed by atoms with Gasteiger partial charge >= 0.3 is 0 Å². The molecule has 7 nitrogen and oxygen atoms in total. The molecule has 2 unspecified atom stereocenters. The molecule has 2 aromatic heterocycles. The Kier molecular flexibility index (Phi) is 4.15. The number of aliphatic hydroxyl groups is 1. The third kappa shape index (κ3) is 2.78. The third-order valence-electron chi connectivity index (χ3n) is 5.89. The summed E-state index contributed by atoms with van der Waals surface area (Å²) in [5.74, 6) is -0.627. The first-order chi connectivity index (χ1) is 14.5. The number of carbonyl (C=O) groups excluding carboxylic acids is 1. The highest BCUT2D eigenvalue weighted by Crippen LogP contribution is 2.43. The van der Waals surface area contributed by atoms with Gasteiger partial charge in [-0.1, -0.05) is 30.4 Å². The summed E-state index contributed by atoms with van der Waals surface area (Å²) < 4.78 is 0. The molecule has 150 valence electrons. The van der Waals surface area contributed by atoms with Gasteiger partial charge in [0.1, 0.15) is 5.60 Å². The van der Waals surface area contributed by atoms with Gasteiger partial charge in [0.15, 0.2) is 0 Å². The summed E-state index contributed by atoms with van der Waals surface area (Å²) in [5, 5.41) is 18.9. The highest BCUT2D eigenvalue weighted by molar-refractivity contribution is 6.06. The number of carbonyl (C=O) groups is 1. The molecule has 1 saturated heterocycles. The molecule has 30 heavy (non-hydrogen) atoms. The quantitative estimate of drug-likeness (QED) is 0.704. The number of fused-ring (bicyclic) bond motifs is 2. The molecule has 1 fully saturated rings. The fourth-order valence-electron chi connectivity index (χ4n) is 4.32. The molecule has 0 radical (unpaired) electrons. The second kappa shape index (κ2) is 6.74. The lowest BCUT2D eigenvalue weighted by molar-refractivity contribution is -0.134. The number of aromatic amines is 1. The van der Waals surface area contributed by atoms with E-state index in [4.69, 9.17) is 0 Å². The van der Waals surface area contributed by atoms with E-state index in [-0.39, 0.29) is 17.4 Å². The Morgan fingerprint density at radius 1 is 1.23 bits per heavy atom. The minimum atomic E-state index is -1.46. The fourth-order valence-corrected chi connectivity index (χ4v) is 4.32. The molecule has 0 spiro atoms. The first-order valence-electron chi connectivity index (χ1n) is 9.80. The van der Waals surface area contributed by atoms with E-state index in [2.05, 4.69) is 15.2 Å². The Morgan fingerprint density at radius 3 is 2.87 bits per heavy atom. The zero-order chi connectivity index (χ0) is 20.9. The number of rotatable bonds is 3. The van der Waals surface area contributed by atoms with Gasteiger partial charge in [-0.25, -0.2) is 5.10 Å². The van der Waals surface area contributed by atoms with Gasteiger partial charge in [0.25, 0.3) is 11.5 Å². The monoisotopic (exact) mass is 400 g/mol. The molecule has 1 aliphatic carbocycles. The summed E-state index contributed by atoms with van der Waals surface area (Å²) in [5.41, 5.74) is 1.27. The van der Waals surface area contributed by atoms with Gasteiger partial charge in [-0.2, -0.15) is 5.10 Å². The third-order valence-corrected chi connectivity index (χ3v) is 5.89. The maximum atomic E-state index is 13.0. The van der Waals surface area contributed by atoms with Crippen LogP contribution in [0.1, 0.15) is 24.6 Å². The maximum absolute atomic E-state index is 13.0. The molecular formula is C23H20N4O3. The number of amides is 1. The lowest BCUT2D eigenvalue weighted by atomic mass is 9.85. The predicted octanol–water partition coefficient (Wildman–Crippen LogP) is 2.47. The Balaban J connectivity index is 1.54. The van der Waals surface area contributed by atoms with E-state index in [1.54, 1.807) is 30.3 Å². The zero-order valence-electron chi connectivity index (χ0n) is 16.4. The number of pyridine rings is 1. The summed E-state index contributed by atoms with van der Waals surface area (Å²) in [6.45, 7) is 1.57. The number of nitrogens with one attached hydrogen (secondary N) is 1. The van der Waals surface area contributed by atoms with Crippen LogP contribution in [0.4, 0.5) is 5.69 Å². The summed E-state index contributed by atoms with van der Waals surface area (Å²) >= 11 is 0. The number of nitrogens with zero attached hydrogens (tertiary/aromatic N) is 3. The number of allylic oxidation sites excluding steroid dienone is 3. The number of anilines is 1. The van der Waals surface area contributed by atoms with Crippen LogP contribution in [-0.4, -0.2) is 31.8 Å². The molecule has 1 aromatic carbocycles. The van der Waals surface area contributed by atoms with Crippen LogP contribution in [0.2, 0.25) is 0 Å². The minimum Gasteiger partial charge on any atom is -0.380 e. The van der Waals surface area contributed by atoms with E-state index in [0.29, 0.717) is 23.9 Å². The van der Waals surface area contributed by atoms with E-state index in [1.165, 1.54) is 0 Å². The molecule has 2 aliphatic rings. The zero-order valence-corrected chi connectivity index (χ0v) is 16.4. The average molecular weight is 400 g/mol. The molecule has 1 aliphatic heterocycles. The Labute approximate surface area is 172 Å². The first-order valence-corrected chi connectivity index (χ1v) is 9.80. The summed E-state index contributed by atoms with van der Waals surface area (Å²) in [6, 6.07) is 9.20. The number of hydrogen-bond donors (Lipinski definition) is 2. The van der Waals surface area contributed by atoms with Crippen LogP contribution in [-0.2, 0) is 11.2 Å². The van der Waals surface area contributed by atoms with Crippen molar-refractivity contribution >= 4 is 22.4 Å². The van der Waals surface area contributed by atoms with Gasteiger partial charge in [0.2, 0.25) is 0 Å². The van der Waals surface area contributed by atoms with Crippen molar-refractivity contribution in [3.8, 4) is 0 Å². The van der Waals surface area contributed by atoms with Crippen molar-refractivity contribution in [3.05, 3.63) is 88.3 Å². The smallest absolute Gasteiger partial charge is 0.272 e. The van der Waals surface area contributed by atoms with Gasteiger partial charge in [-0.05, 0) is 37.1 Å². The SMILES string of the molecule is CC1(O)C(=O)N(c2cncc(Cc3n[nH]c(=O)c4ccccc34)c2)C2=CC=CCC21. The maximum Gasteiger partial charge on any atom is 0.272 e. The van der Waals surface area contributed by atoms with Crippen LogP contribution < -0.4 is 10.5 Å². The van der Waals surface area contributed by atoms with Gasteiger partial charge in [-0.15, -0.1) is 0 Å². The van der Waals surface area contributed by atoms with Crippen LogP contribution in [0.15, 0.2) is 71.4 Å². The molecule has 5 rings (SSSR count). The molecule has 2 atom stereocenters. The average Bonchev–Trinajstić information content (AvgIpc) is 2.96. The summed E-state index contributed by atoms with van der Waals surface area (Å²) in [6.07, 6.45) is 10.1. The minimum absolute atomic E-state index is 0.227. The predicted molar refractivity (Wildman–Crippen MR) is 113 cm³/mol. The molecule has 0 bridgehead atoms. The normalized spacial score (nSPS) is 23.0. The molecule has 0 saturated carbocycles. The largest absolute Gasteiger partial charge is 0.380 e. The Morgan fingerprint density at radius 2 is 2.03 bits per heavy atom. The van der Waals surface area contributed by atoms with Gasteiger partial charge in [-0.3, -0.25) is 19.5 Å². The van der Waals surface area contributed by atoms with Gasteiger partial charge in [0, 0.05) is 29.6 Å². The molecule has 3 aromatic rings. The highest BCUT2D eigenvalue weighted by atomic mass is 16.3. The van der Waals surface area contributed by atoms with Crippen molar-refractivity contribution in [3.63, 3.8) is 0 Å². The lowest BCUT2D eigenvalue weighted by Gasteiger charge is -2.22. The highest BCUT2D eigenvalue weighted by Gasteiger charge is 2.53. The fraction of sp³-hybridized carbons (Fsp3) is 0.217. The standard InChI is InChI=1S/C23H20N4O3/c1-23(30)18-8-4-5-9-20(18)27(22(23)29)15-10-14(12-24-13-15)11-19-16-6-2-3-7-17(16)21(28)26-25-19/h2-7,9-10,12-13,18,30H,8,11H2,1H3,(H,26,28). The van der Waals surface area contributed by atoms with E-state index in [9.17, 15) is 14.7 Å². The molecular weight excluding hydrogens is 380 g/mol. The first kappa shape index (κ1) is 18.4. The van der Waals surface area contributed by atoms with Crippen LogP contribution in [0, 0.1) is 5.92 Å². The van der Waals surface area contributed by atoms with E-state index < -0.39 is 5.60 Å². The number of aromatic nitrogens is 3. The number of benzene rings is 1. The van der Waals surface area contributed by atoms with Crippen molar-refractivity contribution in [1.29, 1.82) is 0 Å². The van der Waals surface area contributed by atoms with Gasteiger partial charge < -0.3 is 5.11 Å². The molecule has 2 N–H and O–H groups in total. The Bertz CT molecular complexity index is 1290. The van der Waals surface area contributed by atoms with Crippen LogP contribution in [0.25, 0.3) is 10.8 Å². The van der Waals surface area contributed by atoms with Crippen molar-refractivity contribution in [2.24, 2.45) is 5.92 Å². The van der Waals surface area contributed by atoms with Crippen LogP contribution >= 0.6 is 0 Å².